The lowest BCUT2D eigenvalue weighted by Gasteiger charge is -2.01. The van der Waals surface area contributed by atoms with Crippen molar-refractivity contribution < 1.29 is 17.6 Å². The summed E-state index contributed by atoms with van der Waals surface area (Å²) in [5.41, 5.74) is 0. The van der Waals surface area contributed by atoms with E-state index in [2.05, 4.69) is 0 Å². The zero-order valence-corrected chi connectivity index (χ0v) is 4.93. The molecule has 0 saturated heterocycles. The van der Waals surface area contributed by atoms with Crippen LogP contribution in [0.25, 0.3) is 0 Å². The van der Waals surface area contributed by atoms with Crippen molar-refractivity contribution in [3.05, 3.63) is 11.4 Å². The van der Waals surface area contributed by atoms with Gasteiger partial charge in [0.25, 0.3) is 0 Å². The molecule has 0 amide bonds. The molecule has 0 bridgehead atoms. The topological polar surface area (TPSA) is 0 Å². The average molecular weight is 163 g/mol. The van der Waals surface area contributed by atoms with E-state index < -0.39 is 17.6 Å². The number of rotatable bonds is 1. The molecule has 0 N–H and O–H groups in total. The van der Waals surface area contributed by atoms with E-state index in [1.165, 1.54) is 0 Å². The second-order valence-corrected chi connectivity index (χ2v) is 1.83. The second-order valence-electron chi connectivity index (χ2n) is 1.35. The van der Waals surface area contributed by atoms with Gasteiger partial charge in [0.05, 0.1) is 11.5 Å². The first-order valence-corrected chi connectivity index (χ1v) is 2.35. The summed E-state index contributed by atoms with van der Waals surface area (Å²) in [5, 5.41) is -0.831. The van der Waals surface area contributed by atoms with Crippen molar-refractivity contribution >= 4 is 11.6 Å². The van der Waals surface area contributed by atoms with E-state index in [0.29, 0.717) is 0 Å². The Bertz CT molecular complexity index is 114. The van der Waals surface area contributed by atoms with Crippen LogP contribution in [0.3, 0.4) is 0 Å². The molecule has 0 aliphatic heterocycles. The lowest BCUT2D eigenvalue weighted by atomic mass is 10.4. The van der Waals surface area contributed by atoms with Gasteiger partial charge >= 0.3 is 6.18 Å². The van der Waals surface area contributed by atoms with Gasteiger partial charge in [-0.15, -0.1) is 0 Å². The third-order valence-corrected chi connectivity index (χ3v) is 0.704. The maximum Gasteiger partial charge on any atom is 0.393 e. The Morgan fingerprint density at radius 1 is 1.44 bits per heavy atom. The fourth-order valence-electron chi connectivity index (χ4n) is 0.230. The molecule has 0 nitrogen and oxygen atoms in total. The van der Waals surface area contributed by atoms with Crippen molar-refractivity contribution in [2.24, 2.45) is 0 Å². The zero-order chi connectivity index (χ0) is 7.49. The van der Waals surface area contributed by atoms with Gasteiger partial charge in [-0.3, -0.25) is 0 Å². The highest BCUT2D eigenvalue weighted by atomic mass is 35.5. The molecule has 0 aliphatic rings. The molecule has 0 atom stereocenters. The fourth-order valence-corrected chi connectivity index (χ4v) is 0.382. The first-order chi connectivity index (χ1) is 3.95. The van der Waals surface area contributed by atoms with Crippen molar-refractivity contribution in [3.63, 3.8) is 0 Å². The van der Waals surface area contributed by atoms with E-state index in [-0.39, 0.29) is 6.33 Å². The molecule has 0 fully saturated rings. The molecule has 0 aliphatic carbocycles. The summed E-state index contributed by atoms with van der Waals surface area (Å²) in [6.45, 7) is 0. The SMILES string of the molecule is FC=C(Cl)CC(F)(F)F. The van der Waals surface area contributed by atoms with Crippen LogP contribution in [0.15, 0.2) is 11.4 Å². The molecule has 0 aromatic heterocycles. The Kier molecular flexibility index (Phi) is 2.97. The van der Waals surface area contributed by atoms with Crippen LogP contribution in [-0.2, 0) is 0 Å². The maximum atomic E-state index is 11.2. The lowest BCUT2D eigenvalue weighted by Crippen LogP contribution is -2.05. The van der Waals surface area contributed by atoms with Crippen LogP contribution in [-0.4, -0.2) is 6.18 Å². The maximum absolute atomic E-state index is 11.2. The fraction of sp³-hybridized carbons (Fsp3) is 0.500. The van der Waals surface area contributed by atoms with Crippen LogP contribution in [0.5, 0.6) is 0 Å². The second kappa shape index (κ2) is 3.06. The van der Waals surface area contributed by atoms with Crippen LogP contribution in [0.1, 0.15) is 6.42 Å². The number of alkyl halides is 3. The largest absolute Gasteiger partial charge is 0.393 e. The van der Waals surface area contributed by atoms with Gasteiger partial charge in [0.2, 0.25) is 0 Å². The van der Waals surface area contributed by atoms with Crippen molar-refractivity contribution in [1.82, 2.24) is 0 Å². The molecule has 0 unspecified atom stereocenters. The summed E-state index contributed by atoms with van der Waals surface area (Å²) in [6, 6.07) is 0. The van der Waals surface area contributed by atoms with E-state index in [1.54, 1.807) is 0 Å². The van der Waals surface area contributed by atoms with Gasteiger partial charge in [0, 0.05) is 0 Å². The zero-order valence-electron chi connectivity index (χ0n) is 4.17. The molecular formula is C4H3ClF4. The van der Waals surface area contributed by atoms with Gasteiger partial charge in [-0.1, -0.05) is 11.6 Å². The van der Waals surface area contributed by atoms with Crippen LogP contribution < -0.4 is 0 Å². The molecule has 5 heteroatoms. The molecule has 0 rings (SSSR count). The predicted octanol–water partition coefficient (Wildman–Crippen LogP) is 2.99. The van der Waals surface area contributed by atoms with Gasteiger partial charge < -0.3 is 0 Å². The summed E-state index contributed by atoms with van der Waals surface area (Å²) in [5.74, 6) is 0. The highest BCUT2D eigenvalue weighted by Crippen LogP contribution is 2.26. The summed E-state index contributed by atoms with van der Waals surface area (Å²) < 4.78 is 44.7. The minimum atomic E-state index is -4.42. The van der Waals surface area contributed by atoms with E-state index >= 15 is 0 Å². The van der Waals surface area contributed by atoms with Crippen molar-refractivity contribution in [1.29, 1.82) is 0 Å². The minimum Gasteiger partial charge on any atom is -0.214 e. The van der Waals surface area contributed by atoms with Crippen LogP contribution in [0, 0.1) is 0 Å². The third-order valence-electron chi connectivity index (χ3n) is 0.488. The van der Waals surface area contributed by atoms with E-state index in [4.69, 9.17) is 11.6 Å². The molecule has 9 heavy (non-hydrogen) atoms. The van der Waals surface area contributed by atoms with Crippen molar-refractivity contribution in [2.75, 3.05) is 0 Å². The molecule has 0 heterocycles. The van der Waals surface area contributed by atoms with Gasteiger partial charge in [-0.25, -0.2) is 4.39 Å². The van der Waals surface area contributed by atoms with Gasteiger partial charge in [0.15, 0.2) is 0 Å². The molecule has 0 saturated carbocycles. The number of hydrogen-bond acceptors (Lipinski definition) is 0. The van der Waals surface area contributed by atoms with E-state index in [9.17, 15) is 17.6 Å². The van der Waals surface area contributed by atoms with E-state index in [0.717, 1.165) is 0 Å². The highest BCUT2D eigenvalue weighted by molar-refractivity contribution is 6.29. The van der Waals surface area contributed by atoms with Crippen LogP contribution in [0.2, 0.25) is 0 Å². The third kappa shape index (κ3) is 5.62. The van der Waals surface area contributed by atoms with Gasteiger partial charge in [0.1, 0.15) is 6.33 Å². The first-order valence-electron chi connectivity index (χ1n) is 1.97. The van der Waals surface area contributed by atoms with Crippen molar-refractivity contribution in [3.8, 4) is 0 Å². The quantitative estimate of drug-likeness (QED) is 0.520. The summed E-state index contributed by atoms with van der Waals surface area (Å²) >= 11 is 4.72. The Hall–Kier alpha value is -0.250. The molecule has 0 spiro atoms. The normalized spacial score (nSPS) is 14.1. The Morgan fingerprint density at radius 3 is 2.00 bits per heavy atom. The Labute approximate surface area is 54.1 Å². The van der Waals surface area contributed by atoms with Crippen LogP contribution >= 0.6 is 11.6 Å². The molecule has 0 radical (unpaired) electrons. The molecule has 54 valence electrons. The summed E-state index contributed by atoms with van der Waals surface area (Å²) in [7, 11) is 0. The van der Waals surface area contributed by atoms with E-state index in [1.807, 2.05) is 0 Å². The number of halogens is 5. The monoisotopic (exact) mass is 162 g/mol. The number of hydrogen-bond donors (Lipinski definition) is 0. The summed E-state index contributed by atoms with van der Waals surface area (Å²) in [6.07, 6.45) is -6.08. The smallest absolute Gasteiger partial charge is 0.214 e. The van der Waals surface area contributed by atoms with Crippen LogP contribution in [0.4, 0.5) is 17.6 Å². The highest BCUT2D eigenvalue weighted by Gasteiger charge is 2.28. The standard InChI is InChI=1S/C4H3ClF4/c5-3(2-6)1-4(7,8)9/h2H,1H2. The first kappa shape index (κ1) is 8.75. The lowest BCUT2D eigenvalue weighted by molar-refractivity contribution is -0.125. The van der Waals surface area contributed by atoms with Gasteiger partial charge in [-0.2, -0.15) is 13.2 Å². The van der Waals surface area contributed by atoms with Crippen molar-refractivity contribution in [2.45, 2.75) is 12.6 Å². The Balaban J connectivity index is 3.75. The predicted molar refractivity (Wildman–Crippen MR) is 25.7 cm³/mol. The molecule has 0 aromatic carbocycles. The molecule has 0 aromatic rings. The minimum absolute atomic E-state index is 0.269. The Morgan fingerprint density at radius 2 is 1.89 bits per heavy atom. The number of allylic oxidation sites excluding steroid dienone is 1. The summed E-state index contributed by atoms with van der Waals surface area (Å²) in [4.78, 5) is 0. The molecular weight excluding hydrogens is 159 g/mol. The van der Waals surface area contributed by atoms with Gasteiger partial charge in [-0.05, 0) is 0 Å². The average Bonchev–Trinajstić information content (AvgIpc) is 1.62.